The minimum Gasteiger partial charge on any atom is -0.140 e. The van der Waals surface area contributed by atoms with Gasteiger partial charge in [-0.25, -0.2) is 0 Å². The van der Waals surface area contributed by atoms with Gasteiger partial charge in [-0.3, -0.25) is 0 Å². The van der Waals surface area contributed by atoms with Crippen molar-refractivity contribution < 1.29 is 0 Å². The smallest absolute Gasteiger partial charge is 0.0430 e. The van der Waals surface area contributed by atoms with E-state index in [-0.39, 0.29) is 0 Å². The second-order valence-corrected chi connectivity index (χ2v) is 22.3. The van der Waals surface area contributed by atoms with Crippen LogP contribution in [0.3, 0.4) is 0 Å². The van der Waals surface area contributed by atoms with Crippen molar-refractivity contribution in [1.29, 1.82) is 0 Å². The van der Waals surface area contributed by atoms with E-state index in [1.807, 2.05) is 0 Å². The second-order valence-electron chi connectivity index (χ2n) is 20.0. The third-order valence-corrected chi connectivity index (χ3v) is 17.9. The molecule has 9 aromatic carbocycles. The number of thiophene rings is 2. The Balaban J connectivity index is 1.06. The zero-order valence-corrected chi connectivity index (χ0v) is 41.4. The molecule has 0 bridgehead atoms. The van der Waals surface area contributed by atoms with Crippen LogP contribution in [0.4, 0.5) is 0 Å². The van der Waals surface area contributed by atoms with Crippen molar-refractivity contribution in [1.82, 2.24) is 0 Å². The standard InChI is InChI=1S/C64H68S2/c1-3-5-7-9-11-13-15-17-19-21-31-45-41-53-49-35-27-37-51-59(49)61(57-47-33-25-23-29-43(47)39-55(57)63(53)65-45)52-38-28-36-50-54-42-46(32-22-20-18-16-14-12-10-8-6-4-2)66-64(54)56-40-44-30-24-26-34-48(44)58(56)62(51)60(50)52/h23-30,33-42H,3-22,31-32H2,1-2H3. The van der Waals surface area contributed by atoms with E-state index < -0.39 is 0 Å². The first kappa shape index (κ1) is 43.8. The molecule has 0 aliphatic heterocycles. The molecule has 0 radical (unpaired) electrons. The van der Waals surface area contributed by atoms with Gasteiger partial charge >= 0.3 is 0 Å². The van der Waals surface area contributed by atoms with Gasteiger partial charge in [0.25, 0.3) is 0 Å². The summed E-state index contributed by atoms with van der Waals surface area (Å²) in [6.07, 6.45) is 29.9. The lowest BCUT2D eigenvalue weighted by atomic mass is 9.89. The zero-order valence-electron chi connectivity index (χ0n) is 39.8. The number of hydrogen-bond donors (Lipinski definition) is 0. The van der Waals surface area contributed by atoms with Gasteiger partial charge in [0.15, 0.2) is 0 Å². The van der Waals surface area contributed by atoms with E-state index >= 15 is 0 Å². The molecular weight excluding hydrogens is 833 g/mol. The molecule has 11 aromatic rings. The molecule has 0 spiro atoms. The van der Waals surface area contributed by atoms with Crippen LogP contribution in [0.1, 0.15) is 152 Å². The lowest BCUT2D eigenvalue weighted by Gasteiger charge is -2.13. The van der Waals surface area contributed by atoms with Gasteiger partial charge in [0.2, 0.25) is 0 Å². The van der Waals surface area contributed by atoms with Crippen LogP contribution >= 0.6 is 22.7 Å². The highest BCUT2D eigenvalue weighted by molar-refractivity contribution is 7.20. The van der Waals surface area contributed by atoms with Crippen LogP contribution in [-0.2, 0) is 12.8 Å². The maximum Gasteiger partial charge on any atom is 0.0430 e. The zero-order chi connectivity index (χ0) is 44.4. The number of unbranched alkanes of at least 4 members (excludes halogenated alkanes) is 18. The van der Waals surface area contributed by atoms with Crippen LogP contribution in [0.25, 0.3) is 106 Å². The summed E-state index contributed by atoms with van der Waals surface area (Å²) in [5, 5.41) is 25.4. The van der Waals surface area contributed by atoms with Crippen molar-refractivity contribution in [2.45, 2.75) is 155 Å². The molecule has 0 unspecified atom stereocenters. The summed E-state index contributed by atoms with van der Waals surface area (Å²) >= 11 is 4.15. The van der Waals surface area contributed by atoms with E-state index in [9.17, 15) is 0 Å². The Bertz CT molecular complexity index is 3240. The quantitative estimate of drug-likeness (QED) is 0.0470. The van der Waals surface area contributed by atoms with Crippen molar-refractivity contribution in [2.24, 2.45) is 0 Å². The van der Waals surface area contributed by atoms with Crippen molar-refractivity contribution in [3.05, 3.63) is 119 Å². The van der Waals surface area contributed by atoms with Crippen LogP contribution in [0.5, 0.6) is 0 Å². The maximum absolute atomic E-state index is 2.61. The van der Waals surface area contributed by atoms with E-state index in [2.05, 4.69) is 146 Å². The van der Waals surface area contributed by atoms with Crippen LogP contribution < -0.4 is 0 Å². The SMILES string of the molecule is CCCCCCCCCCCCc1cc2c3cccc4c3c(c3cccc5c6cc(CCCCCCCCCCCC)sc6c6cc7ccccc7c6c4c53)c3c4ccccc4cc3c2s1. The fraction of sp³-hybridized carbons (Fsp3) is 0.375. The predicted molar refractivity (Wildman–Crippen MR) is 300 cm³/mol. The molecule has 336 valence electrons. The minimum atomic E-state index is 1.17. The molecule has 2 aromatic heterocycles. The van der Waals surface area contributed by atoms with Crippen molar-refractivity contribution in [2.75, 3.05) is 0 Å². The van der Waals surface area contributed by atoms with Gasteiger partial charge in [0, 0.05) is 40.7 Å². The Morgan fingerprint density at radius 1 is 0.273 bits per heavy atom. The van der Waals surface area contributed by atoms with Gasteiger partial charge in [-0.1, -0.05) is 214 Å². The average molecular weight is 901 g/mol. The van der Waals surface area contributed by atoms with Gasteiger partial charge < -0.3 is 0 Å². The molecule has 2 heterocycles. The second kappa shape index (κ2) is 19.8. The van der Waals surface area contributed by atoms with E-state index in [0.29, 0.717) is 0 Å². The van der Waals surface area contributed by atoms with Crippen LogP contribution in [0, 0.1) is 0 Å². The minimum absolute atomic E-state index is 1.17. The van der Waals surface area contributed by atoms with Crippen molar-refractivity contribution >= 4 is 129 Å². The first-order valence-corrected chi connectivity index (χ1v) is 28.0. The molecule has 0 aliphatic rings. The highest BCUT2D eigenvalue weighted by Crippen LogP contribution is 2.53. The normalized spacial score (nSPS) is 12.5. The summed E-state index contributed by atoms with van der Waals surface area (Å²) < 4.78 is 2.92. The molecule has 0 saturated heterocycles. The monoisotopic (exact) mass is 900 g/mol. The molecule has 0 N–H and O–H groups in total. The molecule has 0 amide bonds. The first-order valence-electron chi connectivity index (χ1n) is 26.4. The molecule has 0 saturated carbocycles. The third-order valence-electron chi connectivity index (χ3n) is 15.5. The Kier molecular flexibility index (Phi) is 13.2. The number of aryl methyl sites for hydroxylation is 2. The molecule has 2 heteroatoms. The number of hydrogen-bond acceptors (Lipinski definition) is 2. The lowest BCUT2D eigenvalue weighted by Crippen LogP contribution is -1.85. The number of rotatable bonds is 22. The fourth-order valence-corrected chi connectivity index (χ4v) is 14.6. The van der Waals surface area contributed by atoms with Crippen molar-refractivity contribution in [3.8, 4) is 0 Å². The largest absolute Gasteiger partial charge is 0.140 e. The van der Waals surface area contributed by atoms with Gasteiger partial charge in [-0.15, -0.1) is 22.7 Å². The van der Waals surface area contributed by atoms with Crippen LogP contribution in [0.2, 0.25) is 0 Å². The Labute approximate surface area is 400 Å². The summed E-state index contributed by atoms with van der Waals surface area (Å²) in [4.78, 5) is 3.08. The first-order chi connectivity index (χ1) is 32.7. The van der Waals surface area contributed by atoms with E-state index in [4.69, 9.17) is 0 Å². The molecule has 66 heavy (non-hydrogen) atoms. The molecule has 0 aliphatic carbocycles. The Morgan fingerprint density at radius 2 is 0.606 bits per heavy atom. The van der Waals surface area contributed by atoms with Gasteiger partial charge in [-0.05, 0) is 125 Å². The number of benzene rings is 5. The van der Waals surface area contributed by atoms with Gasteiger partial charge in [-0.2, -0.15) is 0 Å². The number of fused-ring (bicyclic) bond motifs is 16. The maximum atomic E-state index is 2.61. The van der Waals surface area contributed by atoms with Crippen LogP contribution in [0.15, 0.2) is 109 Å². The summed E-state index contributed by atoms with van der Waals surface area (Å²) in [6.45, 7) is 4.62. The van der Waals surface area contributed by atoms with Gasteiger partial charge in [0.1, 0.15) is 0 Å². The van der Waals surface area contributed by atoms with E-state index in [1.165, 1.54) is 248 Å². The highest BCUT2D eigenvalue weighted by Gasteiger charge is 2.24. The van der Waals surface area contributed by atoms with Crippen LogP contribution in [-0.4, -0.2) is 0 Å². The molecular formula is C64H68S2. The Morgan fingerprint density at radius 3 is 1.02 bits per heavy atom. The third kappa shape index (κ3) is 8.13. The average Bonchev–Trinajstić information content (AvgIpc) is 4.12. The summed E-state index contributed by atoms with van der Waals surface area (Å²) in [7, 11) is 0. The molecule has 0 nitrogen and oxygen atoms in total. The van der Waals surface area contributed by atoms with Gasteiger partial charge in [0.05, 0.1) is 0 Å². The summed E-state index contributed by atoms with van der Waals surface area (Å²) in [5.41, 5.74) is 0. The summed E-state index contributed by atoms with van der Waals surface area (Å²) in [6, 6.07) is 43.3. The molecule has 11 rings (SSSR count). The predicted octanol–water partition coefficient (Wildman–Crippen LogP) is 21.7. The topological polar surface area (TPSA) is 0 Å². The lowest BCUT2D eigenvalue weighted by molar-refractivity contribution is 0.557. The highest BCUT2D eigenvalue weighted by atomic mass is 32.1. The van der Waals surface area contributed by atoms with E-state index in [0.717, 1.165) is 0 Å². The fourth-order valence-electron chi connectivity index (χ4n) is 12.1. The van der Waals surface area contributed by atoms with Crippen molar-refractivity contribution in [3.63, 3.8) is 0 Å². The molecule has 0 atom stereocenters. The molecule has 0 fully saturated rings. The Hall–Kier alpha value is -4.76. The van der Waals surface area contributed by atoms with E-state index in [1.54, 1.807) is 9.75 Å². The summed E-state index contributed by atoms with van der Waals surface area (Å²) in [5.74, 6) is 0.